The molecule has 0 aliphatic carbocycles. The Morgan fingerprint density at radius 2 is 1.82 bits per heavy atom. The summed E-state index contributed by atoms with van der Waals surface area (Å²) < 4.78 is 29.5. The Kier molecular flexibility index (Phi) is 7.17. The summed E-state index contributed by atoms with van der Waals surface area (Å²) in [6.07, 6.45) is 4.87. The zero-order valence-electron chi connectivity index (χ0n) is 18.5. The van der Waals surface area contributed by atoms with Crippen LogP contribution in [0.15, 0.2) is 59.6 Å². The van der Waals surface area contributed by atoms with E-state index < -0.39 is 10.0 Å². The Labute approximate surface area is 199 Å². The molecule has 174 valence electrons. The highest BCUT2D eigenvalue weighted by Crippen LogP contribution is 2.29. The second-order valence-corrected chi connectivity index (χ2v) is 10.4. The molecule has 0 radical (unpaired) electrons. The van der Waals surface area contributed by atoms with E-state index in [9.17, 15) is 13.2 Å². The van der Waals surface area contributed by atoms with Crippen molar-refractivity contribution >= 4 is 33.2 Å². The van der Waals surface area contributed by atoms with Gasteiger partial charge < -0.3 is 5.32 Å². The quantitative estimate of drug-likeness (QED) is 0.530. The number of amides is 1. The van der Waals surface area contributed by atoms with Crippen LogP contribution in [0.4, 0.5) is 5.69 Å². The van der Waals surface area contributed by atoms with Gasteiger partial charge in [0.2, 0.25) is 10.0 Å². The zero-order chi connectivity index (χ0) is 23.4. The summed E-state index contributed by atoms with van der Waals surface area (Å²) in [5.74, 6) is -0.338. The van der Waals surface area contributed by atoms with Gasteiger partial charge in [0.1, 0.15) is 4.90 Å². The molecule has 3 aromatic rings. The molecule has 4 rings (SSSR count). The van der Waals surface area contributed by atoms with Crippen molar-refractivity contribution in [3.63, 3.8) is 0 Å². The van der Waals surface area contributed by atoms with Crippen molar-refractivity contribution in [3.05, 3.63) is 76.6 Å². The van der Waals surface area contributed by atoms with E-state index in [2.05, 4.69) is 10.4 Å². The maximum atomic E-state index is 13.1. The molecule has 1 amide bonds. The second kappa shape index (κ2) is 10.1. The first-order valence-corrected chi connectivity index (χ1v) is 12.9. The molecule has 1 saturated heterocycles. The number of halogens is 1. The highest BCUT2D eigenvalue weighted by Gasteiger charge is 2.28. The van der Waals surface area contributed by atoms with Gasteiger partial charge in [-0.1, -0.05) is 55.3 Å². The molecule has 1 fully saturated rings. The maximum absolute atomic E-state index is 13.1. The minimum absolute atomic E-state index is 0.0133. The summed E-state index contributed by atoms with van der Waals surface area (Å²) in [6, 6.07) is 14.5. The molecule has 0 spiro atoms. The molecule has 0 bridgehead atoms. The summed E-state index contributed by atoms with van der Waals surface area (Å²) in [6.45, 7) is 3.50. The van der Waals surface area contributed by atoms with Crippen LogP contribution in [-0.2, 0) is 23.0 Å². The number of rotatable bonds is 7. The summed E-state index contributed by atoms with van der Waals surface area (Å²) in [5.41, 5.74) is 2.74. The summed E-state index contributed by atoms with van der Waals surface area (Å²) in [4.78, 5) is 13.1. The first kappa shape index (κ1) is 23.5. The Hall–Kier alpha value is -2.68. The fraction of sp³-hybridized carbons (Fsp3) is 0.333. The molecule has 2 heterocycles. The van der Waals surface area contributed by atoms with E-state index in [-0.39, 0.29) is 15.8 Å². The predicted octanol–water partition coefficient (Wildman–Crippen LogP) is 4.57. The molecule has 0 saturated carbocycles. The standard InChI is InChI=1S/C24H27ClN4O3S/c1-2-22-20(16-26-29(22)17-18-9-5-3-6-10-18)24(30)27-19-11-12-21(25)23(15-19)33(31,32)28-13-7-4-8-14-28/h3,5-6,9-12,15-16H,2,4,7-8,13-14,17H2,1H3,(H,27,30). The largest absolute Gasteiger partial charge is 0.322 e. The average molecular weight is 487 g/mol. The molecule has 1 aliphatic rings. The molecule has 33 heavy (non-hydrogen) atoms. The Bertz CT molecular complexity index is 1240. The lowest BCUT2D eigenvalue weighted by atomic mass is 10.1. The number of benzene rings is 2. The van der Waals surface area contributed by atoms with Gasteiger partial charge in [-0.2, -0.15) is 9.40 Å². The number of sulfonamides is 1. The second-order valence-electron chi connectivity index (χ2n) is 8.07. The van der Waals surface area contributed by atoms with Crippen molar-refractivity contribution in [2.45, 2.75) is 44.0 Å². The number of hydrogen-bond acceptors (Lipinski definition) is 4. The van der Waals surface area contributed by atoms with E-state index in [0.717, 1.165) is 30.5 Å². The number of aromatic nitrogens is 2. The van der Waals surface area contributed by atoms with E-state index in [1.54, 1.807) is 12.3 Å². The molecule has 1 N–H and O–H groups in total. The third-order valence-corrected chi connectivity index (χ3v) is 8.21. The smallest absolute Gasteiger partial charge is 0.259 e. The predicted molar refractivity (Wildman–Crippen MR) is 129 cm³/mol. The first-order valence-electron chi connectivity index (χ1n) is 11.1. The van der Waals surface area contributed by atoms with Gasteiger partial charge >= 0.3 is 0 Å². The number of hydrogen-bond donors (Lipinski definition) is 1. The van der Waals surface area contributed by atoms with Crippen LogP contribution in [0.3, 0.4) is 0 Å². The van der Waals surface area contributed by atoms with Crippen molar-refractivity contribution in [2.75, 3.05) is 18.4 Å². The summed E-state index contributed by atoms with van der Waals surface area (Å²) >= 11 is 6.25. The van der Waals surface area contributed by atoms with Crippen LogP contribution in [0.1, 0.15) is 47.8 Å². The van der Waals surface area contributed by atoms with E-state index in [4.69, 9.17) is 11.6 Å². The number of anilines is 1. The average Bonchev–Trinajstić information content (AvgIpc) is 3.24. The SMILES string of the molecule is CCc1c(C(=O)Nc2ccc(Cl)c(S(=O)(=O)N3CCCCC3)c2)cnn1Cc1ccccc1. The van der Waals surface area contributed by atoms with Gasteiger partial charge in [0.15, 0.2) is 0 Å². The van der Waals surface area contributed by atoms with Crippen molar-refractivity contribution in [1.82, 2.24) is 14.1 Å². The Morgan fingerprint density at radius 1 is 1.09 bits per heavy atom. The van der Waals surface area contributed by atoms with Crippen molar-refractivity contribution in [3.8, 4) is 0 Å². The van der Waals surface area contributed by atoms with Crippen LogP contribution in [-0.4, -0.2) is 41.5 Å². The van der Waals surface area contributed by atoms with Crippen LogP contribution in [0.2, 0.25) is 5.02 Å². The van der Waals surface area contributed by atoms with E-state index in [1.165, 1.54) is 16.4 Å². The molecule has 0 atom stereocenters. The first-order chi connectivity index (χ1) is 15.9. The van der Waals surface area contributed by atoms with Crippen molar-refractivity contribution in [2.24, 2.45) is 0 Å². The van der Waals surface area contributed by atoms with Crippen molar-refractivity contribution < 1.29 is 13.2 Å². The topological polar surface area (TPSA) is 84.3 Å². The minimum Gasteiger partial charge on any atom is -0.322 e. The number of nitrogens with one attached hydrogen (secondary N) is 1. The summed E-state index contributed by atoms with van der Waals surface area (Å²) in [5, 5.41) is 7.37. The highest BCUT2D eigenvalue weighted by atomic mass is 35.5. The fourth-order valence-electron chi connectivity index (χ4n) is 4.09. The van der Waals surface area contributed by atoms with E-state index in [0.29, 0.717) is 37.3 Å². The minimum atomic E-state index is -3.73. The number of carbonyl (C=O) groups excluding carboxylic acids is 1. The highest BCUT2D eigenvalue weighted by molar-refractivity contribution is 7.89. The zero-order valence-corrected chi connectivity index (χ0v) is 20.1. The third-order valence-electron chi connectivity index (χ3n) is 5.83. The van der Waals surface area contributed by atoms with Gasteiger partial charge in [-0.05, 0) is 43.0 Å². The van der Waals surface area contributed by atoms with E-state index >= 15 is 0 Å². The fourth-order valence-corrected chi connectivity index (χ4v) is 6.10. The number of piperidine rings is 1. The van der Waals surface area contributed by atoms with Crippen LogP contribution < -0.4 is 5.32 Å². The van der Waals surface area contributed by atoms with Gasteiger partial charge in [-0.25, -0.2) is 8.42 Å². The molecule has 1 aromatic heterocycles. The lowest BCUT2D eigenvalue weighted by molar-refractivity contribution is 0.102. The monoisotopic (exact) mass is 486 g/mol. The number of carbonyl (C=O) groups is 1. The van der Waals surface area contributed by atoms with E-state index in [1.807, 2.05) is 41.9 Å². The normalized spacial score (nSPS) is 14.8. The molecule has 2 aromatic carbocycles. The molecule has 9 heteroatoms. The number of nitrogens with zero attached hydrogens (tertiary/aromatic N) is 3. The van der Waals surface area contributed by atoms with Crippen LogP contribution >= 0.6 is 11.6 Å². The van der Waals surface area contributed by atoms with Gasteiger partial charge in [-0.15, -0.1) is 0 Å². The van der Waals surface area contributed by atoms with Crippen LogP contribution in [0.25, 0.3) is 0 Å². The molecule has 7 nitrogen and oxygen atoms in total. The van der Waals surface area contributed by atoms with Crippen molar-refractivity contribution in [1.29, 1.82) is 0 Å². The lowest BCUT2D eigenvalue weighted by Gasteiger charge is -2.26. The molecular weight excluding hydrogens is 460 g/mol. The van der Waals surface area contributed by atoms with Crippen LogP contribution in [0.5, 0.6) is 0 Å². The lowest BCUT2D eigenvalue weighted by Crippen LogP contribution is -2.35. The summed E-state index contributed by atoms with van der Waals surface area (Å²) in [7, 11) is -3.73. The van der Waals surface area contributed by atoms with Gasteiger partial charge in [0.05, 0.1) is 29.0 Å². The van der Waals surface area contributed by atoms with Crippen LogP contribution in [0, 0.1) is 0 Å². The molecular formula is C24H27ClN4O3S. The maximum Gasteiger partial charge on any atom is 0.259 e. The molecule has 1 aliphatic heterocycles. The molecule has 0 unspecified atom stereocenters. The van der Waals surface area contributed by atoms with Gasteiger partial charge in [0.25, 0.3) is 5.91 Å². The third kappa shape index (κ3) is 5.13. The van der Waals surface area contributed by atoms with Gasteiger partial charge in [0, 0.05) is 18.8 Å². The van der Waals surface area contributed by atoms with Gasteiger partial charge in [-0.3, -0.25) is 9.48 Å². The Balaban J connectivity index is 1.56. The Morgan fingerprint density at radius 3 is 2.52 bits per heavy atom.